The van der Waals surface area contributed by atoms with Crippen LogP contribution in [0.25, 0.3) is 0 Å². The van der Waals surface area contributed by atoms with Crippen molar-refractivity contribution >= 4 is 27.3 Å². The van der Waals surface area contributed by atoms with Crippen LogP contribution < -0.4 is 5.73 Å². The van der Waals surface area contributed by atoms with Gasteiger partial charge in [0.15, 0.2) is 0 Å². The molecule has 0 spiro atoms. The van der Waals surface area contributed by atoms with Gasteiger partial charge < -0.3 is 5.73 Å². The van der Waals surface area contributed by atoms with Crippen molar-refractivity contribution in [3.8, 4) is 0 Å². The molecule has 0 atom stereocenters. The number of nitrogens with zero attached hydrogens (tertiary/aromatic N) is 1. The summed E-state index contributed by atoms with van der Waals surface area (Å²) in [6.45, 7) is 0.936. The lowest BCUT2D eigenvalue weighted by molar-refractivity contribution is 0.477. The lowest BCUT2D eigenvalue weighted by atomic mass is 10.3. The summed E-state index contributed by atoms with van der Waals surface area (Å²) < 4.78 is 38.8. The molecule has 1 saturated heterocycles. The van der Waals surface area contributed by atoms with Gasteiger partial charge in [0.2, 0.25) is 10.0 Å². The van der Waals surface area contributed by atoms with Crippen molar-refractivity contribution in [2.45, 2.75) is 17.7 Å². The van der Waals surface area contributed by atoms with E-state index >= 15 is 0 Å². The second-order valence-electron chi connectivity index (χ2n) is 3.92. The molecule has 0 radical (unpaired) electrons. The average Bonchev–Trinajstić information content (AvgIpc) is 2.77. The van der Waals surface area contributed by atoms with Crippen LogP contribution in [0, 0.1) is 5.82 Å². The fourth-order valence-corrected chi connectivity index (χ4v) is 3.85. The van der Waals surface area contributed by atoms with Gasteiger partial charge in [0.25, 0.3) is 0 Å². The summed E-state index contributed by atoms with van der Waals surface area (Å²) in [4.78, 5) is -0.125. The molecule has 0 bridgehead atoms. The molecule has 0 aliphatic carbocycles. The fourth-order valence-electron chi connectivity index (χ4n) is 1.81. The van der Waals surface area contributed by atoms with Crippen LogP contribution in [-0.4, -0.2) is 25.8 Å². The van der Waals surface area contributed by atoms with Crippen LogP contribution in [0.4, 0.5) is 10.1 Å². The molecule has 94 valence electrons. The van der Waals surface area contributed by atoms with E-state index in [1.807, 2.05) is 0 Å². The minimum Gasteiger partial charge on any atom is -0.396 e. The third kappa shape index (κ3) is 2.25. The molecule has 1 heterocycles. The zero-order valence-electron chi connectivity index (χ0n) is 8.99. The number of nitrogens with two attached hydrogens (primary N) is 1. The quantitative estimate of drug-likeness (QED) is 0.840. The summed E-state index contributed by atoms with van der Waals surface area (Å²) in [7, 11) is -3.65. The van der Waals surface area contributed by atoms with E-state index in [1.165, 1.54) is 4.31 Å². The number of nitrogen functional groups attached to an aromatic ring is 1. The molecule has 1 aromatic rings. The minimum absolute atomic E-state index is 0.125. The molecule has 0 amide bonds. The van der Waals surface area contributed by atoms with E-state index in [1.54, 1.807) is 0 Å². The maximum atomic E-state index is 13.1. The molecular formula is C10H12ClFN2O2S. The highest BCUT2D eigenvalue weighted by Gasteiger charge is 2.29. The lowest BCUT2D eigenvalue weighted by Gasteiger charge is -2.16. The van der Waals surface area contributed by atoms with Crippen molar-refractivity contribution in [3.63, 3.8) is 0 Å². The second kappa shape index (κ2) is 4.44. The molecule has 1 fully saturated rings. The molecule has 0 saturated carbocycles. The predicted octanol–water partition coefficient (Wildman–Crippen LogP) is 1.85. The first-order chi connectivity index (χ1) is 7.93. The minimum atomic E-state index is -3.65. The molecule has 0 unspecified atom stereocenters. The van der Waals surface area contributed by atoms with E-state index in [2.05, 4.69) is 0 Å². The Morgan fingerprint density at radius 2 is 1.88 bits per heavy atom. The summed E-state index contributed by atoms with van der Waals surface area (Å²) in [5.41, 5.74) is 5.15. The molecule has 4 nitrogen and oxygen atoms in total. The van der Waals surface area contributed by atoms with Crippen LogP contribution in [0.3, 0.4) is 0 Å². The first kappa shape index (κ1) is 12.6. The number of hydrogen-bond donors (Lipinski definition) is 1. The predicted molar refractivity (Wildman–Crippen MR) is 63.8 cm³/mol. The topological polar surface area (TPSA) is 63.4 Å². The van der Waals surface area contributed by atoms with Crippen LogP contribution >= 0.6 is 11.6 Å². The van der Waals surface area contributed by atoms with E-state index in [4.69, 9.17) is 17.3 Å². The maximum absolute atomic E-state index is 13.1. The van der Waals surface area contributed by atoms with Crippen LogP contribution in [-0.2, 0) is 10.0 Å². The van der Waals surface area contributed by atoms with Gasteiger partial charge in [0.05, 0.1) is 10.7 Å². The Balaban J connectivity index is 2.49. The molecule has 2 N–H and O–H groups in total. The number of benzene rings is 1. The third-order valence-electron chi connectivity index (χ3n) is 2.73. The van der Waals surface area contributed by atoms with Crippen LogP contribution in [0.1, 0.15) is 12.8 Å². The summed E-state index contributed by atoms with van der Waals surface area (Å²) in [6, 6.07) is 2.01. The molecular weight excluding hydrogens is 267 g/mol. The van der Waals surface area contributed by atoms with Gasteiger partial charge in [-0.3, -0.25) is 0 Å². The van der Waals surface area contributed by atoms with E-state index in [0.717, 1.165) is 25.0 Å². The number of rotatable bonds is 2. The third-order valence-corrected chi connectivity index (χ3v) is 5.10. The van der Waals surface area contributed by atoms with Crippen molar-refractivity contribution in [3.05, 3.63) is 23.0 Å². The van der Waals surface area contributed by atoms with Gasteiger partial charge in [0.1, 0.15) is 10.7 Å². The summed E-state index contributed by atoms with van der Waals surface area (Å²) in [5.74, 6) is -0.713. The van der Waals surface area contributed by atoms with Gasteiger partial charge in [-0.05, 0) is 25.0 Å². The number of anilines is 1. The Morgan fingerprint density at radius 3 is 2.47 bits per heavy atom. The molecule has 1 aliphatic rings. The normalized spacial score (nSPS) is 17.5. The van der Waals surface area contributed by atoms with Gasteiger partial charge in [-0.15, -0.1) is 0 Å². The van der Waals surface area contributed by atoms with Crippen molar-refractivity contribution in [2.24, 2.45) is 0 Å². The number of sulfonamides is 1. The highest BCUT2D eigenvalue weighted by Crippen LogP contribution is 2.30. The smallest absolute Gasteiger partial charge is 0.244 e. The largest absolute Gasteiger partial charge is 0.396 e. The van der Waals surface area contributed by atoms with Gasteiger partial charge in [-0.1, -0.05) is 11.6 Å². The fraction of sp³-hybridized carbons (Fsp3) is 0.400. The van der Waals surface area contributed by atoms with Crippen molar-refractivity contribution in [1.82, 2.24) is 4.31 Å². The molecule has 7 heteroatoms. The monoisotopic (exact) mass is 278 g/mol. The number of hydrogen-bond acceptors (Lipinski definition) is 3. The van der Waals surface area contributed by atoms with Crippen LogP contribution in [0.5, 0.6) is 0 Å². The first-order valence-corrected chi connectivity index (χ1v) is 6.99. The van der Waals surface area contributed by atoms with E-state index in [9.17, 15) is 12.8 Å². The lowest BCUT2D eigenvalue weighted by Crippen LogP contribution is -2.28. The molecule has 1 aliphatic heterocycles. The summed E-state index contributed by atoms with van der Waals surface area (Å²) in [6.07, 6.45) is 1.65. The summed E-state index contributed by atoms with van der Waals surface area (Å²) >= 11 is 5.76. The van der Waals surface area contributed by atoms with E-state index in [0.29, 0.717) is 13.1 Å². The zero-order valence-corrected chi connectivity index (χ0v) is 10.6. The first-order valence-electron chi connectivity index (χ1n) is 5.17. The Hall–Kier alpha value is -0.850. The molecule has 1 aromatic carbocycles. The SMILES string of the molecule is Nc1cc(S(=O)(=O)N2CCCC2)c(Cl)cc1F. The van der Waals surface area contributed by atoms with Crippen molar-refractivity contribution < 1.29 is 12.8 Å². The highest BCUT2D eigenvalue weighted by atomic mass is 35.5. The van der Waals surface area contributed by atoms with Crippen LogP contribution in [0.15, 0.2) is 17.0 Å². The zero-order chi connectivity index (χ0) is 12.6. The Morgan fingerprint density at radius 1 is 1.29 bits per heavy atom. The van der Waals surface area contributed by atoms with E-state index < -0.39 is 15.8 Å². The Bertz CT molecular complexity index is 541. The highest BCUT2D eigenvalue weighted by molar-refractivity contribution is 7.89. The molecule has 2 rings (SSSR count). The van der Waals surface area contributed by atoms with Crippen molar-refractivity contribution in [2.75, 3.05) is 18.8 Å². The molecule has 17 heavy (non-hydrogen) atoms. The average molecular weight is 279 g/mol. The number of halogens is 2. The Labute approximate surface area is 104 Å². The Kier molecular flexibility index (Phi) is 3.29. The summed E-state index contributed by atoms with van der Waals surface area (Å²) in [5, 5.41) is -0.136. The van der Waals surface area contributed by atoms with Gasteiger partial charge in [0, 0.05) is 13.1 Å². The standard InChI is InChI=1S/C10H12ClFN2O2S/c11-7-5-8(12)9(13)6-10(7)17(15,16)14-3-1-2-4-14/h5-6H,1-4,13H2. The second-order valence-corrected chi connectivity index (χ2v) is 6.23. The maximum Gasteiger partial charge on any atom is 0.244 e. The van der Waals surface area contributed by atoms with Gasteiger partial charge in [-0.2, -0.15) is 4.31 Å². The van der Waals surface area contributed by atoms with Gasteiger partial charge >= 0.3 is 0 Å². The van der Waals surface area contributed by atoms with Crippen LogP contribution in [0.2, 0.25) is 5.02 Å². The van der Waals surface area contributed by atoms with Crippen molar-refractivity contribution in [1.29, 1.82) is 0 Å². The molecule has 0 aromatic heterocycles. The van der Waals surface area contributed by atoms with Gasteiger partial charge in [-0.25, -0.2) is 12.8 Å². The van der Waals surface area contributed by atoms with E-state index in [-0.39, 0.29) is 15.6 Å².